The zero-order valence-corrected chi connectivity index (χ0v) is 15.3. The number of anilines is 1. The standard InChI is InChI=1S/C19H27N3O2.ClH/c20-17-8-4-5-15(17)13-18(23)22-11-9-14(10-12-22)19(24)21-16-6-2-1-3-7-16;/h1-3,6-7,14-15,17H,4-5,8-13,20H2,(H,21,24);1H/t15-,17+;/m0./s1. The monoisotopic (exact) mass is 365 g/mol. The maximum Gasteiger partial charge on any atom is 0.227 e. The highest BCUT2D eigenvalue weighted by Gasteiger charge is 2.31. The molecule has 0 spiro atoms. The molecular weight excluding hydrogens is 338 g/mol. The Labute approximate surface area is 155 Å². The summed E-state index contributed by atoms with van der Waals surface area (Å²) in [5.74, 6) is 0.602. The molecule has 1 saturated carbocycles. The van der Waals surface area contributed by atoms with Gasteiger partial charge in [-0.1, -0.05) is 24.6 Å². The van der Waals surface area contributed by atoms with Crippen LogP contribution in [0, 0.1) is 11.8 Å². The smallest absolute Gasteiger partial charge is 0.227 e. The third-order valence-corrected chi connectivity index (χ3v) is 5.41. The fourth-order valence-corrected chi connectivity index (χ4v) is 3.83. The van der Waals surface area contributed by atoms with E-state index in [0.717, 1.165) is 37.8 Å². The molecule has 3 rings (SSSR count). The van der Waals surface area contributed by atoms with Crippen LogP contribution >= 0.6 is 12.4 Å². The fraction of sp³-hybridized carbons (Fsp3) is 0.579. The van der Waals surface area contributed by atoms with Gasteiger partial charge in [-0.25, -0.2) is 0 Å². The van der Waals surface area contributed by atoms with Gasteiger partial charge in [0.2, 0.25) is 11.8 Å². The van der Waals surface area contributed by atoms with E-state index in [0.29, 0.717) is 25.4 Å². The number of para-hydroxylation sites is 1. The number of nitrogens with zero attached hydrogens (tertiary/aromatic N) is 1. The molecule has 0 aromatic heterocycles. The maximum absolute atomic E-state index is 12.4. The van der Waals surface area contributed by atoms with Crippen molar-refractivity contribution >= 4 is 29.9 Å². The predicted octanol–water partition coefficient (Wildman–Crippen LogP) is 2.80. The topological polar surface area (TPSA) is 75.4 Å². The van der Waals surface area contributed by atoms with Crippen molar-refractivity contribution in [3.8, 4) is 0 Å². The molecule has 6 heteroatoms. The van der Waals surface area contributed by atoms with Crippen molar-refractivity contribution in [3.63, 3.8) is 0 Å². The van der Waals surface area contributed by atoms with E-state index in [-0.39, 0.29) is 36.2 Å². The Morgan fingerprint density at radius 1 is 1.08 bits per heavy atom. The molecular formula is C19H28ClN3O2. The van der Waals surface area contributed by atoms with Crippen molar-refractivity contribution in [2.45, 2.75) is 44.6 Å². The summed E-state index contributed by atoms with van der Waals surface area (Å²) < 4.78 is 0. The molecule has 0 unspecified atom stereocenters. The molecule has 2 aliphatic rings. The maximum atomic E-state index is 12.4. The molecule has 0 radical (unpaired) electrons. The molecule has 2 atom stereocenters. The number of rotatable bonds is 4. The van der Waals surface area contributed by atoms with Gasteiger partial charge in [0, 0.05) is 37.2 Å². The molecule has 2 amide bonds. The van der Waals surface area contributed by atoms with Gasteiger partial charge in [-0.3, -0.25) is 9.59 Å². The molecule has 1 saturated heterocycles. The number of amides is 2. The van der Waals surface area contributed by atoms with Crippen LogP contribution in [0.25, 0.3) is 0 Å². The van der Waals surface area contributed by atoms with Gasteiger partial charge in [-0.05, 0) is 43.7 Å². The minimum Gasteiger partial charge on any atom is -0.343 e. The molecule has 5 nitrogen and oxygen atoms in total. The third-order valence-electron chi connectivity index (χ3n) is 5.41. The summed E-state index contributed by atoms with van der Waals surface area (Å²) in [6.07, 6.45) is 5.30. The van der Waals surface area contributed by atoms with Gasteiger partial charge in [0.05, 0.1) is 0 Å². The number of carbonyl (C=O) groups is 2. The van der Waals surface area contributed by atoms with Gasteiger partial charge in [0.15, 0.2) is 0 Å². The number of nitrogens with one attached hydrogen (secondary N) is 1. The average Bonchev–Trinajstić information content (AvgIpc) is 3.00. The average molecular weight is 366 g/mol. The summed E-state index contributed by atoms with van der Waals surface area (Å²) in [6.45, 7) is 1.35. The molecule has 1 aromatic rings. The lowest BCUT2D eigenvalue weighted by Gasteiger charge is -2.32. The minimum atomic E-state index is -0.0111. The number of nitrogens with two attached hydrogens (primary N) is 1. The Hall–Kier alpha value is -1.59. The number of piperidine rings is 1. The second kappa shape index (κ2) is 9.20. The van der Waals surface area contributed by atoms with E-state index in [4.69, 9.17) is 5.73 Å². The first-order valence-electron chi connectivity index (χ1n) is 9.03. The van der Waals surface area contributed by atoms with E-state index in [2.05, 4.69) is 5.32 Å². The van der Waals surface area contributed by atoms with E-state index in [9.17, 15) is 9.59 Å². The van der Waals surface area contributed by atoms with Crippen LogP contribution in [0.4, 0.5) is 5.69 Å². The number of hydrogen-bond acceptors (Lipinski definition) is 3. The molecule has 1 heterocycles. The second-order valence-corrected chi connectivity index (χ2v) is 7.07. The van der Waals surface area contributed by atoms with Crippen molar-refractivity contribution in [1.82, 2.24) is 4.90 Å². The Morgan fingerprint density at radius 3 is 2.36 bits per heavy atom. The van der Waals surface area contributed by atoms with Crippen LogP contribution in [0.15, 0.2) is 30.3 Å². The summed E-state index contributed by atoms with van der Waals surface area (Å²) in [4.78, 5) is 26.7. The number of benzene rings is 1. The summed E-state index contributed by atoms with van der Waals surface area (Å²) in [6, 6.07) is 9.71. The lowest BCUT2D eigenvalue weighted by atomic mass is 9.94. The SMILES string of the molecule is Cl.N[C@@H]1CCC[C@H]1CC(=O)N1CCC(C(=O)Nc2ccccc2)CC1. The van der Waals surface area contributed by atoms with E-state index in [1.54, 1.807) is 0 Å². The lowest BCUT2D eigenvalue weighted by Crippen LogP contribution is -2.42. The molecule has 1 aliphatic heterocycles. The Kier molecular flexibility index (Phi) is 7.26. The Morgan fingerprint density at radius 2 is 1.76 bits per heavy atom. The first-order chi connectivity index (χ1) is 11.6. The van der Waals surface area contributed by atoms with Crippen LogP contribution in [0.1, 0.15) is 38.5 Å². The van der Waals surface area contributed by atoms with Crippen molar-refractivity contribution in [3.05, 3.63) is 30.3 Å². The van der Waals surface area contributed by atoms with Gasteiger partial charge < -0.3 is 16.0 Å². The van der Waals surface area contributed by atoms with Crippen LogP contribution in [0.5, 0.6) is 0 Å². The van der Waals surface area contributed by atoms with E-state index in [1.165, 1.54) is 0 Å². The zero-order valence-electron chi connectivity index (χ0n) is 14.5. The molecule has 1 aliphatic carbocycles. The first kappa shape index (κ1) is 19.7. The summed E-state index contributed by atoms with van der Waals surface area (Å²) in [5.41, 5.74) is 6.90. The molecule has 1 aromatic carbocycles. The first-order valence-corrected chi connectivity index (χ1v) is 9.03. The Balaban J connectivity index is 0.00000225. The fourth-order valence-electron chi connectivity index (χ4n) is 3.83. The van der Waals surface area contributed by atoms with Gasteiger partial charge in [-0.2, -0.15) is 0 Å². The highest BCUT2D eigenvalue weighted by atomic mass is 35.5. The predicted molar refractivity (Wildman–Crippen MR) is 102 cm³/mol. The lowest BCUT2D eigenvalue weighted by molar-refractivity contribution is -0.135. The van der Waals surface area contributed by atoms with Crippen molar-refractivity contribution in [2.24, 2.45) is 17.6 Å². The van der Waals surface area contributed by atoms with Crippen LogP contribution in [-0.4, -0.2) is 35.8 Å². The minimum absolute atomic E-state index is 0. The quantitative estimate of drug-likeness (QED) is 0.861. The highest BCUT2D eigenvalue weighted by Crippen LogP contribution is 2.28. The van der Waals surface area contributed by atoms with Gasteiger partial charge in [-0.15, -0.1) is 12.4 Å². The molecule has 138 valence electrons. The van der Waals surface area contributed by atoms with Gasteiger partial charge >= 0.3 is 0 Å². The van der Waals surface area contributed by atoms with Crippen molar-refractivity contribution in [1.29, 1.82) is 0 Å². The third kappa shape index (κ3) is 5.19. The zero-order chi connectivity index (χ0) is 16.9. The molecule has 0 bridgehead atoms. The number of hydrogen-bond donors (Lipinski definition) is 2. The van der Waals surface area contributed by atoms with Crippen LogP contribution in [-0.2, 0) is 9.59 Å². The van der Waals surface area contributed by atoms with Crippen molar-refractivity contribution < 1.29 is 9.59 Å². The molecule has 2 fully saturated rings. The summed E-state index contributed by atoms with van der Waals surface area (Å²) in [7, 11) is 0. The van der Waals surface area contributed by atoms with Gasteiger partial charge in [0.25, 0.3) is 0 Å². The second-order valence-electron chi connectivity index (χ2n) is 7.07. The Bertz CT molecular complexity index is 573. The number of carbonyl (C=O) groups excluding carboxylic acids is 2. The number of halogens is 1. The van der Waals surface area contributed by atoms with E-state index < -0.39 is 0 Å². The molecule has 3 N–H and O–H groups in total. The van der Waals surface area contributed by atoms with Crippen LogP contribution < -0.4 is 11.1 Å². The molecule has 25 heavy (non-hydrogen) atoms. The number of likely N-dealkylation sites (tertiary alicyclic amines) is 1. The van der Waals surface area contributed by atoms with Crippen LogP contribution in [0.3, 0.4) is 0 Å². The largest absolute Gasteiger partial charge is 0.343 e. The van der Waals surface area contributed by atoms with Crippen LogP contribution in [0.2, 0.25) is 0 Å². The van der Waals surface area contributed by atoms with E-state index >= 15 is 0 Å². The van der Waals surface area contributed by atoms with Crippen molar-refractivity contribution in [2.75, 3.05) is 18.4 Å². The van der Waals surface area contributed by atoms with Gasteiger partial charge in [0.1, 0.15) is 0 Å². The van der Waals surface area contributed by atoms with E-state index in [1.807, 2.05) is 35.2 Å². The normalized spacial score (nSPS) is 23.8. The highest BCUT2D eigenvalue weighted by molar-refractivity contribution is 5.92. The summed E-state index contributed by atoms with van der Waals surface area (Å²) >= 11 is 0. The summed E-state index contributed by atoms with van der Waals surface area (Å²) in [5, 5.41) is 2.96.